The number of piperazine rings is 1. The fraction of sp³-hybridized carbons (Fsp3) is 0.318. The predicted octanol–water partition coefficient (Wildman–Crippen LogP) is 4.39. The van der Waals surface area contributed by atoms with Crippen LogP contribution in [0, 0.1) is 11.3 Å². The van der Waals surface area contributed by atoms with Crippen molar-refractivity contribution >= 4 is 51.4 Å². The Labute approximate surface area is 200 Å². The molecule has 0 saturated carbocycles. The molecule has 166 valence electrons. The number of anilines is 1. The number of nitriles is 1. The minimum atomic E-state index is -0.965. The van der Waals surface area contributed by atoms with Gasteiger partial charge < -0.3 is 20.1 Å². The van der Waals surface area contributed by atoms with Gasteiger partial charge >= 0.3 is 0 Å². The number of aliphatic hydroxyl groups is 1. The van der Waals surface area contributed by atoms with Crippen LogP contribution in [0.25, 0.3) is 10.8 Å². The molecular weight excluding hydrogens is 473 g/mol. The van der Waals surface area contributed by atoms with Crippen LogP contribution in [0.15, 0.2) is 36.4 Å². The molecule has 1 fully saturated rings. The van der Waals surface area contributed by atoms with Crippen LogP contribution in [-0.2, 0) is 0 Å². The van der Waals surface area contributed by atoms with Crippen LogP contribution in [0.3, 0.4) is 0 Å². The summed E-state index contributed by atoms with van der Waals surface area (Å²) in [6.07, 6.45) is -0.604. The summed E-state index contributed by atoms with van der Waals surface area (Å²) in [5.74, 6) is 0.668. The first-order valence-corrected chi connectivity index (χ1v) is 11.2. The minimum absolute atomic E-state index is 0.00546. The molecule has 0 radical (unpaired) electrons. The maximum absolute atomic E-state index is 10.9. The van der Waals surface area contributed by atoms with Gasteiger partial charge in [0.15, 0.2) is 16.7 Å². The summed E-state index contributed by atoms with van der Waals surface area (Å²) in [5.41, 5.74) is 0.650. The number of aliphatic hydroxyl groups excluding tert-OH is 1. The number of fused-ring (bicyclic) bond motifs is 1. The lowest BCUT2D eigenvalue weighted by Gasteiger charge is -2.34. The molecule has 1 unspecified atom stereocenters. The van der Waals surface area contributed by atoms with Crippen molar-refractivity contribution in [3.05, 3.63) is 57.4 Å². The van der Waals surface area contributed by atoms with Gasteiger partial charge in [-0.15, -0.1) is 0 Å². The molecule has 0 bridgehead atoms. The van der Waals surface area contributed by atoms with E-state index in [9.17, 15) is 5.11 Å². The van der Waals surface area contributed by atoms with E-state index in [1.54, 1.807) is 6.07 Å². The monoisotopic (exact) mass is 491 g/mol. The van der Waals surface area contributed by atoms with Gasteiger partial charge in [0.1, 0.15) is 12.7 Å². The summed E-state index contributed by atoms with van der Waals surface area (Å²) >= 11 is 18.8. The number of nitrogens with zero attached hydrogens (tertiary/aromatic N) is 4. The molecule has 2 aromatic carbocycles. The maximum atomic E-state index is 10.9. The molecule has 1 saturated heterocycles. The predicted molar refractivity (Wildman–Crippen MR) is 126 cm³/mol. The molecule has 1 aromatic heterocycles. The SMILES string of the molecule is N#CC[C@H]1CN(c2nc(Cl)nc(Cl)c2OCC(O)c2cccc3cccc(Cl)c23)CCN1. The number of ether oxygens (including phenoxy) is 1. The molecule has 0 amide bonds. The zero-order chi connectivity index (χ0) is 22.7. The van der Waals surface area contributed by atoms with Gasteiger partial charge in [0, 0.05) is 36.1 Å². The first-order chi connectivity index (χ1) is 15.5. The van der Waals surface area contributed by atoms with E-state index in [-0.39, 0.29) is 28.8 Å². The van der Waals surface area contributed by atoms with E-state index in [0.29, 0.717) is 42.5 Å². The van der Waals surface area contributed by atoms with Crippen molar-refractivity contribution in [1.29, 1.82) is 5.26 Å². The highest BCUT2D eigenvalue weighted by atomic mass is 35.5. The van der Waals surface area contributed by atoms with Crippen LogP contribution in [0.1, 0.15) is 18.1 Å². The Bertz CT molecular complexity index is 1160. The normalized spacial score (nSPS) is 17.2. The van der Waals surface area contributed by atoms with Crippen LogP contribution in [0.2, 0.25) is 15.5 Å². The Morgan fingerprint density at radius 2 is 2.00 bits per heavy atom. The van der Waals surface area contributed by atoms with Gasteiger partial charge in [0.05, 0.1) is 12.5 Å². The summed E-state index contributed by atoms with van der Waals surface area (Å²) in [5, 5.41) is 25.5. The Morgan fingerprint density at radius 1 is 1.22 bits per heavy atom. The van der Waals surface area contributed by atoms with Crippen molar-refractivity contribution in [3.8, 4) is 11.8 Å². The largest absolute Gasteiger partial charge is 0.484 e. The highest BCUT2D eigenvalue weighted by molar-refractivity contribution is 6.35. The molecule has 1 aliphatic rings. The van der Waals surface area contributed by atoms with E-state index >= 15 is 0 Å². The Hall–Kier alpha value is -2.34. The zero-order valence-corrected chi connectivity index (χ0v) is 19.2. The number of hydrogen-bond acceptors (Lipinski definition) is 7. The second kappa shape index (κ2) is 10.1. The standard InChI is InChI=1S/C22H20Cl3N5O2/c23-16-6-2-4-13-3-1-5-15(18(13)16)17(31)12-32-19-20(24)28-22(25)29-21(19)30-10-9-27-14(11-30)7-8-26/h1-6,14,17,27,31H,7,9-12H2/t14-,17?/m0/s1. The lowest BCUT2D eigenvalue weighted by Crippen LogP contribution is -2.51. The van der Waals surface area contributed by atoms with Crippen molar-refractivity contribution in [2.24, 2.45) is 0 Å². The van der Waals surface area contributed by atoms with Crippen molar-refractivity contribution in [1.82, 2.24) is 15.3 Å². The van der Waals surface area contributed by atoms with Gasteiger partial charge in [0.2, 0.25) is 5.28 Å². The highest BCUT2D eigenvalue weighted by Gasteiger charge is 2.26. The third kappa shape index (κ3) is 4.85. The highest BCUT2D eigenvalue weighted by Crippen LogP contribution is 2.36. The first-order valence-electron chi connectivity index (χ1n) is 10.0. The molecule has 2 N–H and O–H groups in total. The smallest absolute Gasteiger partial charge is 0.226 e. The van der Waals surface area contributed by atoms with Crippen molar-refractivity contribution in [2.75, 3.05) is 31.1 Å². The van der Waals surface area contributed by atoms with Gasteiger partial charge in [-0.2, -0.15) is 10.2 Å². The molecule has 0 aliphatic carbocycles. The van der Waals surface area contributed by atoms with Gasteiger partial charge in [-0.25, -0.2) is 4.98 Å². The number of hydrogen-bond donors (Lipinski definition) is 2. The summed E-state index contributed by atoms with van der Waals surface area (Å²) in [7, 11) is 0. The van der Waals surface area contributed by atoms with E-state index in [0.717, 1.165) is 10.8 Å². The van der Waals surface area contributed by atoms with E-state index in [1.807, 2.05) is 35.2 Å². The number of rotatable bonds is 6. The number of aromatic nitrogens is 2. The van der Waals surface area contributed by atoms with Crippen LogP contribution in [-0.4, -0.2) is 47.4 Å². The summed E-state index contributed by atoms with van der Waals surface area (Å²) in [6, 6.07) is 13.3. The van der Waals surface area contributed by atoms with E-state index < -0.39 is 6.10 Å². The number of benzene rings is 2. The van der Waals surface area contributed by atoms with Gasteiger partial charge in [-0.1, -0.05) is 53.5 Å². The molecular formula is C22H20Cl3N5O2. The zero-order valence-electron chi connectivity index (χ0n) is 16.9. The maximum Gasteiger partial charge on any atom is 0.226 e. The van der Waals surface area contributed by atoms with Crippen LogP contribution in [0.4, 0.5) is 5.82 Å². The quantitative estimate of drug-likeness (QED) is 0.389. The summed E-state index contributed by atoms with van der Waals surface area (Å²) in [4.78, 5) is 10.3. The lowest BCUT2D eigenvalue weighted by molar-refractivity contribution is 0.109. The van der Waals surface area contributed by atoms with Gasteiger partial charge in [-0.3, -0.25) is 0 Å². The van der Waals surface area contributed by atoms with Crippen molar-refractivity contribution < 1.29 is 9.84 Å². The second-order valence-corrected chi connectivity index (χ2v) is 8.51. The molecule has 3 aromatic rings. The molecule has 1 aliphatic heterocycles. The fourth-order valence-corrected chi connectivity index (χ4v) is 4.56. The average Bonchev–Trinajstić information content (AvgIpc) is 2.78. The van der Waals surface area contributed by atoms with Crippen molar-refractivity contribution in [2.45, 2.75) is 18.6 Å². The van der Waals surface area contributed by atoms with E-state index in [4.69, 9.17) is 44.8 Å². The third-order valence-electron chi connectivity index (χ3n) is 5.30. The van der Waals surface area contributed by atoms with Crippen LogP contribution < -0.4 is 15.0 Å². The molecule has 4 rings (SSSR count). The van der Waals surface area contributed by atoms with E-state index in [2.05, 4.69) is 21.4 Å². The van der Waals surface area contributed by atoms with Crippen LogP contribution in [0.5, 0.6) is 5.75 Å². The molecule has 10 heteroatoms. The Kier molecular flexibility index (Phi) is 7.19. The Morgan fingerprint density at radius 3 is 2.78 bits per heavy atom. The minimum Gasteiger partial charge on any atom is -0.484 e. The van der Waals surface area contributed by atoms with Crippen molar-refractivity contribution in [3.63, 3.8) is 0 Å². The van der Waals surface area contributed by atoms with Crippen LogP contribution >= 0.6 is 34.8 Å². The third-order valence-corrected chi connectivity index (χ3v) is 6.04. The van der Waals surface area contributed by atoms with Gasteiger partial charge in [0.25, 0.3) is 0 Å². The lowest BCUT2D eigenvalue weighted by atomic mass is 10.0. The molecule has 7 nitrogen and oxygen atoms in total. The Balaban J connectivity index is 1.60. The summed E-state index contributed by atoms with van der Waals surface area (Å²) in [6.45, 7) is 1.75. The fourth-order valence-electron chi connectivity index (χ4n) is 3.84. The molecule has 32 heavy (non-hydrogen) atoms. The topological polar surface area (TPSA) is 94.3 Å². The number of halogens is 3. The first kappa shape index (κ1) is 22.8. The summed E-state index contributed by atoms with van der Waals surface area (Å²) < 4.78 is 5.94. The second-order valence-electron chi connectivity index (χ2n) is 7.41. The molecule has 2 atom stereocenters. The molecule has 0 spiro atoms. The average molecular weight is 493 g/mol. The van der Waals surface area contributed by atoms with Gasteiger partial charge in [-0.05, 0) is 28.6 Å². The molecule has 2 heterocycles. The van der Waals surface area contributed by atoms with E-state index in [1.165, 1.54) is 0 Å². The number of nitrogens with one attached hydrogen (secondary N) is 1.